The van der Waals surface area contributed by atoms with Gasteiger partial charge in [-0.2, -0.15) is 4.98 Å². The van der Waals surface area contributed by atoms with Crippen LogP contribution in [0.1, 0.15) is 54.2 Å². The molecule has 1 amide bonds. The first-order valence-electron chi connectivity index (χ1n) is 8.66. The summed E-state index contributed by atoms with van der Waals surface area (Å²) in [6, 6.07) is 3.63. The smallest absolute Gasteiger partial charge is 0.255 e. The molecule has 2 aliphatic rings. The number of carbonyl (C=O) groups is 1. The molecule has 0 spiro atoms. The van der Waals surface area contributed by atoms with Crippen molar-refractivity contribution in [3.8, 4) is 0 Å². The topological polar surface area (TPSA) is 72.1 Å². The summed E-state index contributed by atoms with van der Waals surface area (Å²) >= 11 is 0. The van der Waals surface area contributed by atoms with E-state index in [1.54, 1.807) is 18.5 Å². The van der Waals surface area contributed by atoms with Crippen molar-refractivity contribution in [3.63, 3.8) is 0 Å². The molecule has 1 aliphatic carbocycles. The number of aromatic nitrogens is 3. The highest BCUT2D eigenvalue weighted by Gasteiger charge is 2.45. The second-order valence-electron chi connectivity index (χ2n) is 7.14. The van der Waals surface area contributed by atoms with E-state index in [1.807, 2.05) is 17.9 Å². The van der Waals surface area contributed by atoms with Crippen molar-refractivity contribution < 1.29 is 9.32 Å². The Labute approximate surface area is 141 Å². The Balaban J connectivity index is 1.61. The third-order valence-electron chi connectivity index (χ3n) is 5.15. The largest absolute Gasteiger partial charge is 0.340 e. The first kappa shape index (κ1) is 15.3. The maximum Gasteiger partial charge on any atom is 0.255 e. The average Bonchev–Trinajstić information content (AvgIpc) is 3.31. The second kappa shape index (κ2) is 6.00. The molecule has 0 aromatic carbocycles. The lowest BCUT2D eigenvalue weighted by atomic mass is 9.74. The van der Waals surface area contributed by atoms with Crippen LogP contribution in [0.3, 0.4) is 0 Å². The van der Waals surface area contributed by atoms with Crippen LogP contribution < -0.4 is 0 Å². The summed E-state index contributed by atoms with van der Waals surface area (Å²) in [7, 11) is 0. The molecular weight excluding hydrogens is 304 g/mol. The molecule has 1 saturated carbocycles. The summed E-state index contributed by atoms with van der Waals surface area (Å²) in [5.74, 6) is 2.15. The zero-order valence-electron chi connectivity index (χ0n) is 13.9. The fourth-order valence-electron chi connectivity index (χ4n) is 3.81. The number of amides is 1. The molecule has 2 fully saturated rings. The number of pyridine rings is 1. The van der Waals surface area contributed by atoms with Crippen molar-refractivity contribution in [2.24, 2.45) is 5.92 Å². The van der Waals surface area contributed by atoms with Gasteiger partial charge < -0.3 is 9.42 Å². The lowest BCUT2D eigenvalue weighted by Gasteiger charge is -2.41. The number of hydrogen-bond acceptors (Lipinski definition) is 5. The lowest BCUT2D eigenvalue weighted by molar-refractivity contribution is 0.0606. The van der Waals surface area contributed by atoms with Gasteiger partial charge in [-0.3, -0.25) is 9.78 Å². The van der Waals surface area contributed by atoms with Gasteiger partial charge in [-0.05, 0) is 37.3 Å². The van der Waals surface area contributed by atoms with Crippen LogP contribution >= 0.6 is 0 Å². The highest BCUT2D eigenvalue weighted by atomic mass is 16.5. The SMILES string of the molecule is Cc1nc(C2(CC3CC3)CCCN(C(=O)c3cccnc3)C2)no1. The molecule has 1 unspecified atom stereocenters. The third-order valence-corrected chi connectivity index (χ3v) is 5.15. The molecule has 1 saturated heterocycles. The lowest BCUT2D eigenvalue weighted by Crippen LogP contribution is -2.49. The summed E-state index contributed by atoms with van der Waals surface area (Å²) < 4.78 is 5.25. The molecule has 2 aromatic heterocycles. The number of carbonyl (C=O) groups excluding carboxylic acids is 1. The van der Waals surface area contributed by atoms with Crippen LogP contribution in [0.2, 0.25) is 0 Å². The maximum atomic E-state index is 12.8. The Morgan fingerprint density at radius 3 is 3.00 bits per heavy atom. The second-order valence-corrected chi connectivity index (χ2v) is 7.14. The summed E-state index contributed by atoms with van der Waals surface area (Å²) in [4.78, 5) is 23.4. The number of likely N-dealkylation sites (tertiary alicyclic amines) is 1. The maximum absolute atomic E-state index is 12.8. The zero-order chi connectivity index (χ0) is 16.6. The third kappa shape index (κ3) is 2.92. The summed E-state index contributed by atoms with van der Waals surface area (Å²) in [5, 5.41) is 4.22. The van der Waals surface area contributed by atoms with Gasteiger partial charge in [0.2, 0.25) is 5.89 Å². The minimum atomic E-state index is -0.172. The van der Waals surface area contributed by atoms with Gasteiger partial charge in [-0.1, -0.05) is 18.0 Å². The van der Waals surface area contributed by atoms with Gasteiger partial charge in [0.05, 0.1) is 11.0 Å². The van der Waals surface area contributed by atoms with Crippen LogP contribution in [0.4, 0.5) is 0 Å². The number of aryl methyl sites for hydroxylation is 1. The molecule has 4 rings (SSSR count). The standard InChI is InChI=1S/C18H22N4O2/c1-13-20-17(21-24-13)18(10-14-5-6-14)7-3-9-22(12-18)16(23)15-4-2-8-19-11-15/h2,4,8,11,14H,3,5-7,9-10,12H2,1H3. The molecule has 24 heavy (non-hydrogen) atoms. The molecule has 0 bridgehead atoms. The van der Waals surface area contributed by atoms with E-state index in [-0.39, 0.29) is 11.3 Å². The fraction of sp³-hybridized carbons (Fsp3) is 0.556. The van der Waals surface area contributed by atoms with Gasteiger partial charge in [-0.25, -0.2) is 0 Å². The van der Waals surface area contributed by atoms with E-state index in [0.29, 0.717) is 18.0 Å². The highest BCUT2D eigenvalue weighted by Crippen LogP contribution is 2.45. The van der Waals surface area contributed by atoms with E-state index in [9.17, 15) is 4.79 Å². The van der Waals surface area contributed by atoms with Crippen molar-refractivity contribution >= 4 is 5.91 Å². The Hall–Kier alpha value is -2.24. The Bertz CT molecular complexity index is 726. The van der Waals surface area contributed by atoms with Crippen molar-refractivity contribution in [1.29, 1.82) is 0 Å². The van der Waals surface area contributed by atoms with Crippen molar-refractivity contribution in [2.45, 2.75) is 44.4 Å². The zero-order valence-corrected chi connectivity index (χ0v) is 13.9. The van der Waals surface area contributed by atoms with Gasteiger partial charge in [-0.15, -0.1) is 0 Å². The summed E-state index contributed by atoms with van der Waals surface area (Å²) in [6.07, 6.45) is 8.89. The monoisotopic (exact) mass is 326 g/mol. The van der Waals surface area contributed by atoms with Crippen LogP contribution in [0.5, 0.6) is 0 Å². The van der Waals surface area contributed by atoms with E-state index in [4.69, 9.17) is 4.52 Å². The van der Waals surface area contributed by atoms with Gasteiger partial charge in [0, 0.05) is 32.4 Å². The summed E-state index contributed by atoms with van der Waals surface area (Å²) in [6.45, 7) is 3.26. The van der Waals surface area contributed by atoms with E-state index in [2.05, 4.69) is 15.1 Å². The fourth-order valence-corrected chi connectivity index (χ4v) is 3.81. The van der Waals surface area contributed by atoms with Crippen molar-refractivity contribution in [2.75, 3.05) is 13.1 Å². The highest BCUT2D eigenvalue weighted by molar-refractivity contribution is 5.94. The Morgan fingerprint density at radius 2 is 2.33 bits per heavy atom. The molecular formula is C18H22N4O2. The quantitative estimate of drug-likeness (QED) is 0.864. The Kier molecular flexibility index (Phi) is 3.82. The van der Waals surface area contributed by atoms with Crippen molar-refractivity contribution in [3.05, 3.63) is 41.8 Å². The molecule has 6 nitrogen and oxygen atoms in total. The number of rotatable bonds is 4. The minimum absolute atomic E-state index is 0.0446. The molecule has 0 radical (unpaired) electrons. The molecule has 126 valence electrons. The van der Waals surface area contributed by atoms with Crippen LogP contribution in [-0.4, -0.2) is 39.0 Å². The number of piperidine rings is 1. The van der Waals surface area contributed by atoms with Gasteiger partial charge in [0.1, 0.15) is 0 Å². The van der Waals surface area contributed by atoms with Crippen LogP contribution in [0, 0.1) is 12.8 Å². The molecule has 2 aromatic rings. The molecule has 0 N–H and O–H groups in total. The number of hydrogen-bond donors (Lipinski definition) is 0. The van der Waals surface area contributed by atoms with E-state index in [1.165, 1.54) is 12.8 Å². The van der Waals surface area contributed by atoms with Crippen LogP contribution in [-0.2, 0) is 5.41 Å². The molecule has 6 heteroatoms. The molecule has 3 heterocycles. The predicted octanol–water partition coefficient (Wildman–Crippen LogP) is 2.75. The van der Waals surface area contributed by atoms with E-state index < -0.39 is 0 Å². The van der Waals surface area contributed by atoms with Gasteiger partial charge in [0.15, 0.2) is 5.82 Å². The first-order chi connectivity index (χ1) is 11.7. The average molecular weight is 326 g/mol. The summed E-state index contributed by atoms with van der Waals surface area (Å²) in [5.41, 5.74) is 0.471. The van der Waals surface area contributed by atoms with Crippen LogP contribution in [0.25, 0.3) is 0 Å². The van der Waals surface area contributed by atoms with E-state index in [0.717, 1.165) is 37.5 Å². The molecule has 1 atom stereocenters. The normalized spacial score (nSPS) is 24.1. The first-order valence-corrected chi connectivity index (χ1v) is 8.66. The van der Waals surface area contributed by atoms with Crippen molar-refractivity contribution in [1.82, 2.24) is 20.0 Å². The van der Waals surface area contributed by atoms with Gasteiger partial charge >= 0.3 is 0 Å². The number of nitrogens with zero attached hydrogens (tertiary/aromatic N) is 4. The van der Waals surface area contributed by atoms with Gasteiger partial charge in [0.25, 0.3) is 5.91 Å². The predicted molar refractivity (Wildman–Crippen MR) is 87.4 cm³/mol. The van der Waals surface area contributed by atoms with E-state index >= 15 is 0 Å². The Morgan fingerprint density at radius 1 is 1.46 bits per heavy atom. The minimum Gasteiger partial charge on any atom is -0.340 e. The molecule has 1 aliphatic heterocycles. The van der Waals surface area contributed by atoms with Crippen LogP contribution in [0.15, 0.2) is 29.0 Å².